The highest BCUT2D eigenvalue weighted by atomic mass is 16.5. The van der Waals surface area contributed by atoms with E-state index < -0.39 is 11.9 Å². The first-order chi connectivity index (χ1) is 11.6. The monoisotopic (exact) mass is 333 g/mol. The second kappa shape index (κ2) is 7.65. The van der Waals surface area contributed by atoms with E-state index in [4.69, 9.17) is 18.9 Å². The molecule has 1 aromatic carbocycles. The van der Waals surface area contributed by atoms with Gasteiger partial charge in [-0.05, 0) is 18.2 Å². The minimum Gasteiger partial charge on any atom is -0.497 e. The maximum absolute atomic E-state index is 12.3. The van der Waals surface area contributed by atoms with Crippen LogP contribution in [0.2, 0.25) is 0 Å². The molecule has 0 atom stereocenters. The summed E-state index contributed by atoms with van der Waals surface area (Å²) in [7, 11) is 4.05. The fourth-order valence-corrected chi connectivity index (χ4v) is 2.40. The molecule has 1 aromatic rings. The summed E-state index contributed by atoms with van der Waals surface area (Å²) in [5, 5.41) is 0. The third-order valence-corrected chi connectivity index (χ3v) is 3.58. The molecule has 1 heterocycles. The number of hydrogen-bond donors (Lipinski definition) is 0. The normalized spacial score (nSPS) is 14.2. The second-order valence-corrected chi connectivity index (χ2v) is 4.84. The van der Waals surface area contributed by atoms with Crippen LogP contribution in [0.25, 0.3) is 6.08 Å². The molecule has 7 nitrogen and oxygen atoms in total. The summed E-state index contributed by atoms with van der Waals surface area (Å²) in [6.07, 6.45) is 1.62. The molecule has 0 aromatic heterocycles. The molecule has 0 aliphatic carbocycles. The van der Waals surface area contributed by atoms with E-state index in [-0.39, 0.29) is 24.6 Å². The van der Waals surface area contributed by atoms with Gasteiger partial charge in [-0.1, -0.05) is 12.7 Å². The van der Waals surface area contributed by atoms with Gasteiger partial charge in [-0.3, -0.25) is 0 Å². The van der Waals surface area contributed by atoms with E-state index in [9.17, 15) is 9.59 Å². The Morgan fingerprint density at radius 2 is 1.92 bits per heavy atom. The van der Waals surface area contributed by atoms with Crippen molar-refractivity contribution in [1.29, 1.82) is 0 Å². The van der Waals surface area contributed by atoms with Crippen molar-refractivity contribution in [3.05, 3.63) is 41.6 Å². The van der Waals surface area contributed by atoms with E-state index in [1.54, 1.807) is 36.3 Å². The highest BCUT2D eigenvalue weighted by Crippen LogP contribution is 2.32. The lowest BCUT2D eigenvalue weighted by atomic mass is 10.1. The van der Waals surface area contributed by atoms with Gasteiger partial charge < -0.3 is 23.8 Å². The van der Waals surface area contributed by atoms with Crippen LogP contribution in [-0.4, -0.2) is 46.6 Å². The van der Waals surface area contributed by atoms with Gasteiger partial charge in [-0.25, -0.2) is 9.59 Å². The summed E-state index contributed by atoms with van der Waals surface area (Å²) >= 11 is 0. The number of anilines is 1. The fraction of sp³-hybridized carbons (Fsp3) is 0.294. The molecule has 0 amide bonds. The van der Waals surface area contributed by atoms with E-state index >= 15 is 0 Å². The van der Waals surface area contributed by atoms with Gasteiger partial charge >= 0.3 is 11.9 Å². The molecule has 0 spiro atoms. The molecular weight excluding hydrogens is 314 g/mol. The van der Waals surface area contributed by atoms with E-state index in [2.05, 4.69) is 6.58 Å². The number of ether oxygens (including phenoxy) is 4. The standard InChI is InChI=1S/C17H19NO6/c1-5-11-8-12(21-2)6-7-14(11)18-10-24-9-13(16(19)22-3)15(18)17(20)23-4/h5-8H,1,9-10H2,2-4H3. The number of benzene rings is 1. The van der Waals surface area contributed by atoms with Crippen molar-refractivity contribution >= 4 is 23.7 Å². The first-order valence-corrected chi connectivity index (χ1v) is 7.12. The Bertz CT molecular complexity index is 694. The van der Waals surface area contributed by atoms with Gasteiger partial charge in [-0.2, -0.15) is 0 Å². The number of esters is 2. The highest BCUT2D eigenvalue weighted by Gasteiger charge is 2.33. The molecule has 0 saturated carbocycles. The Morgan fingerprint density at radius 1 is 1.21 bits per heavy atom. The second-order valence-electron chi connectivity index (χ2n) is 4.84. The number of hydrogen-bond acceptors (Lipinski definition) is 7. The number of rotatable bonds is 5. The Balaban J connectivity index is 2.61. The van der Waals surface area contributed by atoms with E-state index in [0.717, 1.165) is 0 Å². The molecule has 0 radical (unpaired) electrons. The van der Waals surface area contributed by atoms with Crippen molar-refractivity contribution in [1.82, 2.24) is 0 Å². The van der Waals surface area contributed by atoms with Gasteiger partial charge in [0.2, 0.25) is 0 Å². The molecule has 0 fully saturated rings. The minimum atomic E-state index is -0.649. The van der Waals surface area contributed by atoms with Crippen molar-refractivity contribution < 1.29 is 28.5 Å². The molecule has 24 heavy (non-hydrogen) atoms. The van der Waals surface area contributed by atoms with Gasteiger partial charge in [0.25, 0.3) is 0 Å². The topological polar surface area (TPSA) is 74.3 Å². The first-order valence-electron chi connectivity index (χ1n) is 7.12. The van der Waals surface area contributed by atoms with Crippen LogP contribution in [0.1, 0.15) is 5.56 Å². The third-order valence-electron chi connectivity index (χ3n) is 3.58. The summed E-state index contributed by atoms with van der Waals surface area (Å²) in [6, 6.07) is 5.26. The average Bonchev–Trinajstić information content (AvgIpc) is 2.65. The lowest BCUT2D eigenvalue weighted by Crippen LogP contribution is -2.39. The minimum absolute atomic E-state index is 0.0345. The molecule has 7 heteroatoms. The van der Waals surface area contributed by atoms with Gasteiger partial charge in [-0.15, -0.1) is 0 Å². The van der Waals surface area contributed by atoms with Crippen molar-refractivity contribution in [2.24, 2.45) is 0 Å². The van der Waals surface area contributed by atoms with Crippen molar-refractivity contribution in [2.45, 2.75) is 0 Å². The van der Waals surface area contributed by atoms with Crippen LogP contribution in [0.3, 0.4) is 0 Å². The molecule has 0 bridgehead atoms. The van der Waals surface area contributed by atoms with E-state index in [1.165, 1.54) is 14.2 Å². The Labute approximate surface area is 140 Å². The predicted octanol–water partition coefficient (Wildman–Crippen LogP) is 1.73. The largest absolute Gasteiger partial charge is 0.497 e. The SMILES string of the molecule is C=Cc1cc(OC)ccc1N1COCC(C(=O)OC)=C1C(=O)OC. The predicted molar refractivity (Wildman–Crippen MR) is 87.4 cm³/mol. The quantitative estimate of drug-likeness (QED) is 0.760. The summed E-state index contributed by atoms with van der Waals surface area (Å²) in [5.41, 5.74) is 1.53. The van der Waals surface area contributed by atoms with Crippen LogP contribution in [0.15, 0.2) is 36.0 Å². The van der Waals surface area contributed by atoms with Crippen LogP contribution in [0.5, 0.6) is 5.75 Å². The van der Waals surface area contributed by atoms with Gasteiger partial charge in [0.1, 0.15) is 18.2 Å². The van der Waals surface area contributed by atoms with Crippen LogP contribution in [-0.2, 0) is 23.8 Å². The zero-order valence-electron chi connectivity index (χ0n) is 13.8. The molecule has 0 saturated heterocycles. The van der Waals surface area contributed by atoms with Crippen LogP contribution < -0.4 is 9.64 Å². The highest BCUT2D eigenvalue weighted by molar-refractivity contribution is 6.03. The number of carbonyl (C=O) groups is 2. The van der Waals surface area contributed by atoms with Crippen LogP contribution in [0.4, 0.5) is 5.69 Å². The van der Waals surface area contributed by atoms with Crippen molar-refractivity contribution in [3.8, 4) is 5.75 Å². The molecular formula is C17H19NO6. The molecule has 1 aliphatic heterocycles. The maximum atomic E-state index is 12.3. The number of methoxy groups -OCH3 is 3. The lowest BCUT2D eigenvalue weighted by Gasteiger charge is -2.32. The summed E-state index contributed by atoms with van der Waals surface area (Å²) < 4.78 is 20.2. The van der Waals surface area contributed by atoms with Gasteiger partial charge in [0, 0.05) is 5.56 Å². The number of nitrogens with zero attached hydrogens (tertiary/aromatic N) is 1. The van der Waals surface area contributed by atoms with E-state index in [0.29, 0.717) is 17.0 Å². The summed E-state index contributed by atoms with van der Waals surface area (Å²) in [5.74, 6) is -0.651. The fourth-order valence-electron chi connectivity index (χ4n) is 2.40. The van der Waals surface area contributed by atoms with Gasteiger partial charge in [0.05, 0.1) is 39.2 Å². The van der Waals surface area contributed by atoms with E-state index in [1.807, 2.05) is 0 Å². The summed E-state index contributed by atoms with van der Waals surface area (Å²) in [6.45, 7) is 3.82. The molecule has 1 aliphatic rings. The van der Waals surface area contributed by atoms with Gasteiger partial charge in [0.15, 0.2) is 0 Å². The Morgan fingerprint density at radius 3 is 2.50 bits per heavy atom. The first kappa shape index (κ1) is 17.6. The van der Waals surface area contributed by atoms with Crippen molar-refractivity contribution in [3.63, 3.8) is 0 Å². The lowest BCUT2D eigenvalue weighted by molar-refractivity contribution is -0.140. The summed E-state index contributed by atoms with van der Waals surface area (Å²) in [4.78, 5) is 25.8. The van der Waals surface area contributed by atoms with Crippen molar-refractivity contribution in [2.75, 3.05) is 39.6 Å². The zero-order valence-corrected chi connectivity index (χ0v) is 13.8. The maximum Gasteiger partial charge on any atom is 0.355 e. The smallest absolute Gasteiger partial charge is 0.355 e. The van der Waals surface area contributed by atoms with Crippen LogP contribution in [0, 0.1) is 0 Å². The third kappa shape index (κ3) is 3.26. The Hall–Kier alpha value is -2.80. The van der Waals surface area contributed by atoms with Crippen LogP contribution >= 0.6 is 0 Å². The molecule has 128 valence electrons. The zero-order chi connectivity index (χ0) is 17.7. The number of carbonyl (C=O) groups excluding carboxylic acids is 2. The molecule has 2 rings (SSSR count). The average molecular weight is 333 g/mol. The molecule has 0 unspecified atom stereocenters. The Kier molecular flexibility index (Phi) is 5.59. The molecule has 0 N–H and O–H groups in total.